The average Bonchev–Trinajstić information content (AvgIpc) is 2.39. The summed E-state index contributed by atoms with van der Waals surface area (Å²) in [5.41, 5.74) is 0.783. The Bertz CT molecular complexity index is 360. The number of nitrogens with one attached hydrogen (secondary N) is 1. The van der Waals surface area contributed by atoms with Gasteiger partial charge in [0.05, 0.1) is 12.3 Å². The largest absolute Gasteiger partial charge is 0.491 e. The van der Waals surface area contributed by atoms with Gasteiger partial charge in [0.1, 0.15) is 5.75 Å². The molecule has 1 heterocycles. The number of ether oxygens (including phenoxy) is 1. The maximum atomic E-state index is 13.1. The minimum absolute atomic E-state index is 0.00931. The van der Waals surface area contributed by atoms with Gasteiger partial charge in [-0.15, -0.1) is 0 Å². The van der Waals surface area contributed by atoms with Gasteiger partial charge in [-0.1, -0.05) is 6.07 Å². The molecular formula is C11H13F2NO. The van der Waals surface area contributed by atoms with E-state index < -0.39 is 5.92 Å². The second-order valence-corrected chi connectivity index (χ2v) is 3.73. The summed E-state index contributed by atoms with van der Waals surface area (Å²) in [5, 5.41) is 3.13. The molecule has 0 saturated heterocycles. The van der Waals surface area contributed by atoms with Crippen LogP contribution in [0.25, 0.3) is 0 Å². The third-order valence-corrected chi connectivity index (χ3v) is 2.38. The van der Waals surface area contributed by atoms with E-state index in [-0.39, 0.29) is 5.56 Å². The van der Waals surface area contributed by atoms with Crippen LogP contribution < -0.4 is 10.1 Å². The van der Waals surface area contributed by atoms with Crippen molar-refractivity contribution in [2.75, 3.05) is 18.5 Å². The predicted molar refractivity (Wildman–Crippen MR) is 54.6 cm³/mol. The van der Waals surface area contributed by atoms with Crippen LogP contribution in [0.2, 0.25) is 0 Å². The molecular weight excluding hydrogens is 200 g/mol. The molecule has 0 bridgehead atoms. The van der Waals surface area contributed by atoms with Gasteiger partial charge in [-0.25, -0.2) is 8.78 Å². The van der Waals surface area contributed by atoms with Crippen LogP contribution in [0.15, 0.2) is 18.2 Å². The van der Waals surface area contributed by atoms with Gasteiger partial charge in [0.15, 0.2) is 0 Å². The highest BCUT2D eigenvalue weighted by Crippen LogP contribution is 2.34. The first kappa shape index (κ1) is 10.2. The van der Waals surface area contributed by atoms with E-state index in [4.69, 9.17) is 4.74 Å². The molecule has 15 heavy (non-hydrogen) atoms. The molecule has 0 atom stereocenters. The molecule has 82 valence electrons. The second kappa shape index (κ2) is 3.68. The van der Waals surface area contributed by atoms with Crippen molar-refractivity contribution in [1.29, 1.82) is 0 Å². The lowest BCUT2D eigenvalue weighted by Crippen LogP contribution is -2.07. The van der Waals surface area contributed by atoms with Gasteiger partial charge in [-0.2, -0.15) is 0 Å². The molecule has 4 heteroatoms. The van der Waals surface area contributed by atoms with Crippen LogP contribution in [0.1, 0.15) is 18.9 Å². The molecule has 0 fully saturated rings. The first-order chi connectivity index (χ1) is 7.07. The Balaban J connectivity index is 2.36. The van der Waals surface area contributed by atoms with Gasteiger partial charge in [0.2, 0.25) is 0 Å². The highest BCUT2D eigenvalue weighted by atomic mass is 19.3. The zero-order chi connectivity index (χ0) is 10.9. The molecule has 1 aliphatic heterocycles. The van der Waals surface area contributed by atoms with E-state index >= 15 is 0 Å². The van der Waals surface area contributed by atoms with Crippen molar-refractivity contribution in [3.05, 3.63) is 23.8 Å². The maximum absolute atomic E-state index is 13.1. The third kappa shape index (κ3) is 2.19. The van der Waals surface area contributed by atoms with Gasteiger partial charge in [-0.3, -0.25) is 0 Å². The van der Waals surface area contributed by atoms with E-state index in [1.165, 1.54) is 12.1 Å². The Kier molecular flexibility index (Phi) is 2.50. The van der Waals surface area contributed by atoms with Crippen molar-refractivity contribution in [3.63, 3.8) is 0 Å². The van der Waals surface area contributed by atoms with Gasteiger partial charge >= 0.3 is 0 Å². The van der Waals surface area contributed by atoms with Crippen LogP contribution in [0.3, 0.4) is 0 Å². The smallest absolute Gasteiger partial charge is 0.270 e. The van der Waals surface area contributed by atoms with E-state index in [2.05, 4.69) is 5.32 Å². The Labute approximate surface area is 87.2 Å². The first-order valence-electron chi connectivity index (χ1n) is 4.96. The van der Waals surface area contributed by atoms with Crippen molar-refractivity contribution < 1.29 is 13.5 Å². The number of alkyl halides is 2. The lowest BCUT2D eigenvalue weighted by atomic mass is 10.1. The number of rotatable bonds is 1. The highest BCUT2D eigenvalue weighted by molar-refractivity contribution is 5.58. The second-order valence-electron chi connectivity index (χ2n) is 3.73. The van der Waals surface area contributed by atoms with Crippen LogP contribution in [0, 0.1) is 0 Å². The van der Waals surface area contributed by atoms with E-state index in [0.717, 1.165) is 25.6 Å². The van der Waals surface area contributed by atoms with E-state index in [1.54, 1.807) is 6.07 Å². The molecule has 0 saturated carbocycles. The van der Waals surface area contributed by atoms with E-state index in [0.29, 0.717) is 12.4 Å². The minimum atomic E-state index is -2.81. The molecule has 1 N–H and O–H groups in total. The number of benzene rings is 1. The van der Waals surface area contributed by atoms with Crippen molar-refractivity contribution in [2.24, 2.45) is 0 Å². The summed E-state index contributed by atoms with van der Waals surface area (Å²) in [5.74, 6) is -2.29. The monoisotopic (exact) mass is 213 g/mol. The minimum Gasteiger partial charge on any atom is -0.491 e. The molecule has 0 spiro atoms. The summed E-state index contributed by atoms with van der Waals surface area (Å²) in [4.78, 5) is 0. The molecule has 0 amide bonds. The summed E-state index contributed by atoms with van der Waals surface area (Å²) >= 11 is 0. The molecule has 1 aliphatic rings. The normalized spacial score (nSPS) is 15.9. The molecule has 1 aromatic carbocycles. The Hall–Kier alpha value is -1.32. The Morgan fingerprint density at radius 2 is 2.20 bits per heavy atom. The molecule has 2 nitrogen and oxygen atoms in total. The van der Waals surface area contributed by atoms with Crippen molar-refractivity contribution in [1.82, 2.24) is 0 Å². The highest BCUT2D eigenvalue weighted by Gasteiger charge is 2.25. The first-order valence-corrected chi connectivity index (χ1v) is 4.96. The SMILES string of the molecule is CC(F)(F)c1ccc2c(c1)OCCCN2. The Morgan fingerprint density at radius 1 is 1.40 bits per heavy atom. The van der Waals surface area contributed by atoms with Gasteiger partial charge in [0, 0.05) is 19.0 Å². The molecule has 0 radical (unpaired) electrons. The molecule has 2 rings (SSSR count). The Morgan fingerprint density at radius 3 is 2.93 bits per heavy atom. The summed E-state index contributed by atoms with van der Waals surface area (Å²) in [6, 6.07) is 4.49. The van der Waals surface area contributed by atoms with Crippen molar-refractivity contribution in [3.8, 4) is 5.75 Å². The zero-order valence-corrected chi connectivity index (χ0v) is 8.52. The maximum Gasteiger partial charge on any atom is 0.270 e. The van der Waals surface area contributed by atoms with Crippen LogP contribution >= 0.6 is 0 Å². The van der Waals surface area contributed by atoms with E-state index in [9.17, 15) is 8.78 Å². The van der Waals surface area contributed by atoms with E-state index in [1.807, 2.05) is 0 Å². The van der Waals surface area contributed by atoms with Gasteiger partial charge in [-0.05, 0) is 18.6 Å². The summed E-state index contributed by atoms with van der Waals surface area (Å²) < 4.78 is 31.5. The quantitative estimate of drug-likeness (QED) is 0.774. The van der Waals surface area contributed by atoms with Crippen LogP contribution in [-0.4, -0.2) is 13.2 Å². The van der Waals surface area contributed by atoms with Gasteiger partial charge < -0.3 is 10.1 Å². The molecule has 0 unspecified atom stereocenters. The fourth-order valence-electron chi connectivity index (χ4n) is 1.54. The third-order valence-electron chi connectivity index (χ3n) is 2.38. The fourth-order valence-corrected chi connectivity index (χ4v) is 1.54. The van der Waals surface area contributed by atoms with Crippen LogP contribution in [0.4, 0.5) is 14.5 Å². The lowest BCUT2D eigenvalue weighted by molar-refractivity contribution is 0.0172. The van der Waals surface area contributed by atoms with Gasteiger partial charge in [0.25, 0.3) is 5.92 Å². The van der Waals surface area contributed by atoms with Crippen molar-refractivity contribution >= 4 is 5.69 Å². The van der Waals surface area contributed by atoms with Crippen molar-refractivity contribution in [2.45, 2.75) is 19.3 Å². The fraction of sp³-hybridized carbons (Fsp3) is 0.455. The van der Waals surface area contributed by atoms with Crippen LogP contribution in [0.5, 0.6) is 5.75 Å². The summed E-state index contributed by atoms with van der Waals surface area (Å²) in [6.45, 7) is 2.27. The standard InChI is InChI=1S/C11H13F2NO/c1-11(12,13)8-3-4-9-10(7-8)15-6-2-5-14-9/h3-4,7,14H,2,5-6H2,1H3. The number of hydrogen-bond donors (Lipinski definition) is 1. The summed E-state index contributed by atoms with van der Waals surface area (Å²) in [6.07, 6.45) is 0.881. The molecule has 1 aromatic rings. The summed E-state index contributed by atoms with van der Waals surface area (Å²) in [7, 11) is 0. The lowest BCUT2D eigenvalue weighted by Gasteiger charge is -2.14. The topological polar surface area (TPSA) is 21.3 Å². The van der Waals surface area contributed by atoms with Crippen LogP contribution in [-0.2, 0) is 5.92 Å². The molecule has 0 aromatic heterocycles. The number of fused-ring (bicyclic) bond motifs is 1. The average molecular weight is 213 g/mol. The molecule has 0 aliphatic carbocycles. The zero-order valence-electron chi connectivity index (χ0n) is 8.52. The number of anilines is 1. The predicted octanol–water partition coefficient (Wildman–Crippen LogP) is 2.99. The number of hydrogen-bond acceptors (Lipinski definition) is 2. The number of halogens is 2.